The Morgan fingerprint density at radius 1 is 1.50 bits per heavy atom. The van der Waals surface area contributed by atoms with E-state index in [1.165, 1.54) is 16.8 Å². The van der Waals surface area contributed by atoms with Gasteiger partial charge in [0.25, 0.3) is 0 Å². The molecular formula is C15H22N2O. The first-order chi connectivity index (χ1) is 8.65. The highest BCUT2D eigenvalue weighted by Gasteiger charge is 2.44. The zero-order chi connectivity index (χ0) is 12.8. The fourth-order valence-corrected chi connectivity index (χ4v) is 3.24. The molecule has 1 fully saturated rings. The summed E-state index contributed by atoms with van der Waals surface area (Å²) in [5.41, 5.74) is 4.17. The summed E-state index contributed by atoms with van der Waals surface area (Å²) in [5.74, 6) is 0.492. The van der Waals surface area contributed by atoms with Crippen LogP contribution in [0, 0.1) is 0 Å². The van der Waals surface area contributed by atoms with Crippen LogP contribution in [0.1, 0.15) is 30.9 Å². The van der Waals surface area contributed by atoms with Gasteiger partial charge < -0.3 is 15.0 Å². The van der Waals surface area contributed by atoms with E-state index >= 15 is 0 Å². The molecule has 0 aliphatic carbocycles. The van der Waals surface area contributed by atoms with Gasteiger partial charge in [-0.3, -0.25) is 0 Å². The van der Waals surface area contributed by atoms with Gasteiger partial charge in [0.1, 0.15) is 0 Å². The monoisotopic (exact) mass is 246 g/mol. The summed E-state index contributed by atoms with van der Waals surface area (Å²) in [7, 11) is 2.15. The van der Waals surface area contributed by atoms with Crippen molar-refractivity contribution in [2.45, 2.75) is 32.0 Å². The van der Waals surface area contributed by atoms with Crippen LogP contribution in [0.25, 0.3) is 0 Å². The second kappa shape index (κ2) is 4.25. The first-order valence-electron chi connectivity index (χ1n) is 6.83. The van der Waals surface area contributed by atoms with Crippen molar-refractivity contribution in [1.82, 2.24) is 5.32 Å². The quantitative estimate of drug-likeness (QED) is 0.865. The van der Waals surface area contributed by atoms with Gasteiger partial charge in [-0.25, -0.2) is 0 Å². The maximum absolute atomic E-state index is 6.16. The van der Waals surface area contributed by atoms with Gasteiger partial charge >= 0.3 is 0 Å². The molecule has 98 valence electrons. The zero-order valence-electron chi connectivity index (χ0n) is 11.5. The topological polar surface area (TPSA) is 24.5 Å². The third-order valence-electron chi connectivity index (χ3n) is 4.56. The van der Waals surface area contributed by atoms with Crippen LogP contribution in [0.5, 0.6) is 0 Å². The molecule has 3 rings (SSSR count). The zero-order valence-corrected chi connectivity index (χ0v) is 11.5. The van der Waals surface area contributed by atoms with Crippen molar-refractivity contribution >= 4 is 5.69 Å². The molecule has 2 heterocycles. The Balaban J connectivity index is 2.06. The second-order valence-corrected chi connectivity index (χ2v) is 5.64. The van der Waals surface area contributed by atoms with Crippen LogP contribution < -0.4 is 10.2 Å². The van der Waals surface area contributed by atoms with Crippen molar-refractivity contribution in [3.05, 3.63) is 29.3 Å². The van der Waals surface area contributed by atoms with Crippen LogP contribution in [0.2, 0.25) is 0 Å². The van der Waals surface area contributed by atoms with Crippen molar-refractivity contribution in [2.24, 2.45) is 0 Å². The lowest BCUT2D eigenvalue weighted by Gasteiger charge is -2.38. The fourth-order valence-electron chi connectivity index (χ4n) is 3.24. The Kier molecular flexibility index (Phi) is 2.83. The molecule has 2 atom stereocenters. The van der Waals surface area contributed by atoms with Gasteiger partial charge in [0.2, 0.25) is 0 Å². The van der Waals surface area contributed by atoms with Gasteiger partial charge in [-0.15, -0.1) is 0 Å². The highest BCUT2D eigenvalue weighted by atomic mass is 16.5. The van der Waals surface area contributed by atoms with E-state index in [0.717, 1.165) is 26.2 Å². The van der Waals surface area contributed by atoms with Crippen LogP contribution in [0.3, 0.4) is 0 Å². The first-order valence-corrected chi connectivity index (χ1v) is 6.83. The fraction of sp³-hybridized carbons (Fsp3) is 0.600. The Morgan fingerprint density at radius 2 is 2.33 bits per heavy atom. The second-order valence-electron chi connectivity index (χ2n) is 5.64. The van der Waals surface area contributed by atoms with E-state index in [4.69, 9.17) is 4.74 Å². The number of rotatable bonds is 2. The van der Waals surface area contributed by atoms with Gasteiger partial charge in [0.15, 0.2) is 0 Å². The number of anilines is 1. The Bertz CT molecular complexity index is 460. The molecule has 18 heavy (non-hydrogen) atoms. The standard InChI is InChI=1S/C15H22N2O/c1-4-17(3)14-7-5-6-11-12(14)9-18-15(2)10-16-8-13(11)15/h5-7,13,16H,4,8-10H2,1-3H3/t13-,15-/m0/s1. The van der Waals surface area contributed by atoms with Gasteiger partial charge in [0.05, 0.1) is 12.2 Å². The van der Waals surface area contributed by atoms with Crippen LogP contribution >= 0.6 is 0 Å². The molecule has 1 aromatic carbocycles. The minimum Gasteiger partial charge on any atom is -0.375 e. The predicted molar refractivity (Wildman–Crippen MR) is 74.2 cm³/mol. The lowest BCUT2D eigenvalue weighted by atomic mass is 9.81. The van der Waals surface area contributed by atoms with Crippen LogP contribution in [-0.2, 0) is 11.3 Å². The lowest BCUT2D eigenvalue weighted by Crippen LogP contribution is -2.40. The average molecular weight is 246 g/mol. The average Bonchev–Trinajstić information content (AvgIpc) is 2.79. The van der Waals surface area contributed by atoms with E-state index in [2.05, 4.69) is 49.3 Å². The largest absolute Gasteiger partial charge is 0.375 e. The van der Waals surface area contributed by atoms with Gasteiger partial charge in [0, 0.05) is 43.9 Å². The minimum absolute atomic E-state index is 0.0175. The molecule has 1 saturated heterocycles. The number of nitrogens with zero attached hydrogens (tertiary/aromatic N) is 1. The van der Waals surface area contributed by atoms with E-state index in [-0.39, 0.29) is 5.60 Å². The van der Waals surface area contributed by atoms with E-state index < -0.39 is 0 Å². The highest BCUT2D eigenvalue weighted by molar-refractivity contribution is 5.58. The van der Waals surface area contributed by atoms with Gasteiger partial charge in [-0.05, 0) is 25.5 Å². The molecule has 0 spiro atoms. The van der Waals surface area contributed by atoms with Gasteiger partial charge in [-0.1, -0.05) is 12.1 Å². The van der Waals surface area contributed by atoms with Crippen molar-refractivity contribution in [3.63, 3.8) is 0 Å². The normalized spacial score (nSPS) is 29.8. The molecule has 0 aromatic heterocycles. The SMILES string of the molecule is CCN(C)c1cccc2c1CO[C@@]1(C)CNC[C@@H]21. The summed E-state index contributed by atoms with van der Waals surface area (Å²) in [5, 5.41) is 3.47. The third kappa shape index (κ3) is 1.65. The molecule has 2 aliphatic heterocycles. The maximum Gasteiger partial charge on any atom is 0.0863 e. The molecule has 0 radical (unpaired) electrons. The molecule has 3 nitrogen and oxygen atoms in total. The lowest BCUT2D eigenvalue weighted by molar-refractivity contribution is -0.0515. The predicted octanol–water partition coefficient (Wildman–Crippen LogP) is 2.12. The van der Waals surface area contributed by atoms with E-state index in [9.17, 15) is 0 Å². The van der Waals surface area contributed by atoms with Gasteiger partial charge in [-0.2, -0.15) is 0 Å². The Labute approximate surface area is 109 Å². The summed E-state index contributed by atoms with van der Waals surface area (Å²) >= 11 is 0. The van der Waals surface area contributed by atoms with Crippen LogP contribution in [0.15, 0.2) is 18.2 Å². The van der Waals surface area contributed by atoms with Crippen molar-refractivity contribution in [1.29, 1.82) is 0 Å². The van der Waals surface area contributed by atoms with Crippen molar-refractivity contribution in [2.75, 3.05) is 31.6 Å². The first kappa shape index (κ1) is 12.0. The highest BCUT2D eigenvalue weighted by Crippen LogP contribution is 2.43. The summed E-state index contributed by atoms with van der Waals surface area (Å²) in [6.45, 7) is 8.18. The van der Waals surface area contributed by atoms with Crippen molar-refractivity contribution < 1.29 is 4.74 Å². The number of hydrogen-bond donors (Lipinski definition) is 1. The Hall–Kier alpha value is -1.06. The number of nitrogens with one attached hydrogen (secondary N) is 1. The maximum atomic E-state index is 6.16. The molecule has 1 N–H and O–H groups in total. The molecule has 1 aromatic rings. The summed E-state index contributed by atoms with van der Waals surface area (Å²) in [4.78, 5) is 2.30. The Morgan fingerprint density at radius 3 is 3.11 bits per heavy atom. The van der Waals surface area contributed by atoms with Crippen molar-refractivity contribution in [3.8, 4) is 0 Å². The molecule has 0 bridgehead atoms. The molecule has 3 heteroatoms. The number of ether oxygens (including phenoxy) is 1. The molecule has 0 amide bonds. The number of fused-ring (bicyclic) bond motifs is 3. The summed E-state index contributed by atoms with van der Waals surface area (Å²) in [6.07, 6.45) is 0. The number of hydrogen-bond acceptors (Lipinski definition) is 3. The third-order valence-corrected chi connectivity index (χ3v) is 4.56. The van der Waals surface area contributed by atoms with Crippen LogP contribution in [-0.4, -0.2) is 32.3 Å². The molecule has 0 unspecified atom stereocenters. The van der Waals surface area contributed by atoms with E-state index in [1.54, 1.807) is 0 Å². The van der Waals surface area contributed by atoms with Crippen LogP contribution in [0.4, 0.5) is 5.69 Å². The molecule has 0 saturated carbocycles. The summed E-state index contributed by atoms with van der Waals surface area (Å²) in [6, 6.07) is 6.67. The molecule has 2 aliphatic rings. The summed E-state index contributed by atoms with van der Waals surface area (Å²) < 4.78 is 6.16. The molecular weight excluding hydrogens is 224 g/mol. The number of benzene rings is 1. The minimum atomic E-state index is -0.0175. The van der Waals surface area contributed by atoms with E-state index in [1.807, 2.05) is 0 Å². The van der Waals surface area contributed by atoms with E-state index in [0.29, 0.717) is 5.92 Å². The smallest absolute Gasteiger partial charge is 0.0863 e.